The van der Waals surface area contributed by atoms with Crippen LogP contribution < -0.4 is 5.32 Å². The van der Waals surface area contributed by atoms with E-state index < -0.39 is 12.0 Å². The third-order valence-electron chi connectivity index (χ3n) is 2.62. The summed E-state index contributed by atoms with van der Waals surface area (Å²) in [6, 6.07) is 6.62. The first-order chi connectivity index (χ1) is 9.43. The number of thioether (sulfide) groups is 1. The van der Waals surface area contributed by atoms with Gasteiger partial charge in [-0.2, -0.15) is 0 Å². The minimum atomic E-state index is -0.613. The monoisotopic (exact) mass is 315 g/mol. The van der Waals surface area contributed by atoms with Gasteiger partial charge in [-0.1, -0.05) is 25.4 Å². The molecule has 6 heteroatoms. The van der Waals surface area contributed by atoms with Crippen LogP contribution in [0.3, 0.4) is 0 Å². The van der Waals surface area contributed by atoms with Crippen LogP contribution >= 0.6 is 23.4 Å². The van der Waals surface area contributed by atoms with Crippen molar-refractivity contribution in [2.75, 3.05) is 12.9 Å². The highest BCUT2D eigenvalue weighted by atomic mass is 35.5. The summed E-state index contributed by atoms with van der Waals surface area (Å²) in [4.78, 5) is 24.3. The number of hydrogen-bond acceptors (Lipinski definition) is 4. The number of hydrogen-bond donors (Lipinski definition) is 1. The molecule has 0 bridgehead atoms. The van der Waals surface area contributed by atoms with Crippen molar-refractivity contribution in [2.45, 2.75) is 24.8 Å². The average Bonchev–Trinajstić information content (AvgIpc) is 2.43. The van der Waals surface area contributed by atoms with Crippen LogP contribution in [0.4, 0.5) is 0 Å². The fraction of sp³-hybridized carbons (Fsp3) is 0.429. The third kappa shape index (κ3) is 5.43. The number of esters is 1. The molecule has 0 radical (unpaired) electrons. The van der Waals surface area contributed by atoms with Crippen molar-refractivity contribution in [3.05, 3.63) is 29.3 Å². The number of carbonyl (C=O) groups excluding carboxylic acids is 2. The van der Waals surface area contributed by atoms with E-state index >= 15 is 0 Å². The van der Waals surface area contributed by atoms with Crippen molar-refractivity contribution in [2.24, 2.45) is 5.92 Å². The van der Waals surface area contributed by atoms with Crippen LogP contribution in [0, 0.1) is 5.92 Å². The Bertz CT molecular complexity index is 462. The summed E-state index contributed by atoms with van der Waals surface area (Å²) < 4.78 is 4.68. The minimum Gasteiger partial charge on any atom is -0.467 e. The molecule has 1 atom stereocenters. The van der Waals surface area contributed by atoms with E-state index in [9.17, 15) is 9.59 Å². The normalized spacial score (nSPS) is 12.1. The smallest absolute Gasteiger partial charge is 0.328 e. The summed E-state index contributed by atoms with van der Waals surface area (Å²) in [6.07, 6.45) is 0. The summed E-state index contributed by atoms with van der Waals surface area (Å²) in [5, 5.41) is 3.35. The van der Waals surface area contributed by atoms with Crippen molar-refractivity contribution in [1.82, 2.24) is 5.32 Å². The molecule has 20 heavy (non-hydrogen) atoms. The molecule has 1 aromatic rings. The molecule has 1 amide bonds. The Morgan fingerprint density at radius 1 is 1.30 bits per heavy atom. The van der Waals surface area contributed by atoms with E-state index in [4.69, 9.17) is 11.6 Å². The second kappa shape index (κ2) is 8.17. The lowest BCUT2D eigenvalue weighted by Gasteiger charge is -2.19. The first-order valence-electron chi connectivity index (χ1n) is 6.19. The quantitative estimate of drug-likeness (QED) is 0.648. The standard InChI is InChI=1S/C14H18ClNO3S/c1-9(2)13(14(18)19-3)16-12(17)8-20-11-6-4-10(15)5-7-11/h4-7,9,13H,8H2,1-3H3,(H,16,17). The van der Waals surface area contributed by atoms with Gasteiger partial charge in [0, 0.05) is 9.92 Å². The lowest BCUT2D eigenvalue weighted by atomic mass is 10.1. The van der Waals surface area contributed by atoms with Crippen LogP contribution in [0.5, 0.6) is 0 Å². The van der Waals surface area contributed by atoms with E-state index in [0.717, 1.165) is 4.90 Å². The van der Waals surface area contributed by atoms with E-state index in [1.807, 2.05) is 26.0 Å². The fourth-order valence-corrected chi connectivity index (χ4v) is 2.36. The molecule has 0 aliphatic carbocycles. The van der Waals surface area contributed by atoms with E-state index in [2.05, 4.69) is 10.1 Å². The highest BCUT2D eigenvalue weighted by Crippen LogP contribution is 2.20. The van der Waals surface area contributed by atoms with Gasteiger partial charge in [0.2, 0.25) is 5.91 Å². The molecule has 1 aromatic carbocycles. The van der Waals surface area contributed by atoms with Gasteiger partial charge in [-0.05, 0) is 30.2 Å². The SMILES string of the molecule is COC(=O)C(NC(=O)CSc1ccc(Cl)cc1)C(C)C. The summed E-state index contributed by atoms with van der Waals surface area (Å²) in [7, 11) is 1.31. The van der Waals surface area contributed by atoms with Crippen LogP contribution in [0.15, 0.2) is 29.2 Å². The lowest BCUT2D eigenvalue weighted by molar-refractivity contribution is -0.146. The Morgan fingerprint density at radius 2 is 1.90 bits per heavy atom. The average molecular weight is 316 g/mol. The van der Waals surface area contributed by atoms with Gasteiger partial charge in [-0.15, -0.1) is 11.8 Å². The maximum atomic E-state index is 11.9. The van der Waals surface area contributed by atoms with Crippen LogP contribution in [0.25, 0.3) is 0 Å². The number of benzene rings is 1. The lowest BCUT2D eigenvalue weighted by Crippen LogP contribution is -2.45. The van der Waals surface area contributed by atoms with E-state index in [-0.39, 0.29) is 17.6 Å². The number of methoxy groups -OCH3 is 1. The molecule has 110 valence electrons. The van der Waals surface area contributed by atoms with Crippen molar-refractivity contribution in [1.29, 1.82) is 0 Å². The molecule has 0 saturated heterocycles. The summed E-state index contributed by atoms with van der Waals surface area (Å²) >= 11 is 7.18. The van der Waals surface area contributed by atoms with Gasteiger partial charge >= 0.3 is 5.97 Å². The molecule has 0 aromatic heterocycles. The van der Waals surface area contributed by atoms with Crippen molar-refractivity contribution < 1.29 is 14.3 Å². The van der Waals surface area contributed by atoms with Crippen LogP contribution in [0.2, 0.25) is 5.02 Å². The molecular formula is C14H18ClNO3S. The molecule has 0 heterocycles. The zero-order valence-corrected chi connectivity index (χ0v) is 13.3. The zero-order valence-electron chi connectivity index (χ0n) is 11.7. The topological polar surface area (TPSA) is 55.4 Å². The summed E-state index contributed by atoms with van der Waals surface area (Å²) in [6.45, 7) is 3.71. The number of amides is 1. The maximum absolute atomic E-state index is 11.9. The van der Waals surface area contributed by atoms with Crippen molar-refractivity contribution in [3.63, 3.8) is 0 Å². The highest BCUT2D eigenvalue weighted by molar-refractivity contribution is 8.00. The highest BCUT2D eigenvalue weighted by Gasteiger charge is 2.24. The van der Waals surface area contributed by atoms with Crippen LogP contribution in [0.1, 0.15) is 13.8 Å². The molecule has 0 fully saturated rings. The van der Waals surface area contributed by atoms with Gasteiger partial charge in [-0.3, -0.25) is 4.79 Å². The zero-order chi connectivity index (χ0) is 15.1. The van der Waals surface area contributed by atoms with E-state index in [1.165, 1.54) is 18.9 Å². The van der Waals surface area contributed by atoms with Gasteiger partial charge in [0.05, 0.1) is 12.9 Å². The second-order valence-electron chi connectivity index (χ2n) is 4.55. The number of carbonyl (C=O) groups is 2. The molecule has 0 spiro atoms. The van der Waals surface area contributed by atoms with Crippen molar-refractivity contribution >= 4 is 35.2 Å². The minimum absolute atomic E-state index is 0.0214. The molecule has 1 unspecified atom stereocenters. The largest absolute Gasteiger partial charge is 0.467 e. The second-order valence-corrected chi connectivity index (χ2v) is 6.04. The molecular weight excluding hydrogens is 298 g/mol. The summed E-state index contributed by atoms with van der Waals surface area (Å²) in [5.74, 6) is -0.409. The Labute approximate surface area is 128 Å². The fourth-order valence-electron chi connectivity index (χ4n) is 1.52. The molecule has 0 aliphatic rings. The van der Waals surface area contributed by atoms with Gasteiger partial charge < -0.3 is 10.1 Å². The Kier molecular flexibility index (Phi) is 6.88. The Balaban J connectivity index is 2.49. The van der Waals surface area contributed by atoms with Crippen molar-refractivity contribution in [3.8, 4) is 0 Å². The van der Waals surface area contributed by atoms with E-state index in [0.29, 0.717) is 5.02 Å². The first-order valence-corrected chi connectivity index (χ1v) is 7.56. The first kappa shape index (κ1) is 16.9. The van der Waals surface area contributed by atoms with Crippen LogP contribution in [-0.2, 0) is 14.3 Å². The number of nitrogens with one attached hydrogen (secondary N) is 1. The van der Waals surface area contributed by atoms with Gasteiger partial charge in [0.25, 0.3) is 0 Å². The van der Waals surface area contributed by atoms with Gasteiger partial charge in [-0.25, -0.2) is 4.79 Å². The molecule has 1 rings (SSSR count). The number of rotatable bonds is 6. The predicted octanol–water partition coefficient (Wildman–Crippen LogP) is 2.75. The Morgan fingerprint density at radius 3 is 2.40 bits per heavy atom. The number of ether oxygens (including phenoxy) is 1. The predicted molar refractivity (Wildman–Crippen MR) is 81.0 cm³/mol. The van der Waals surface area contributed by atoms with Gasteiger partial charge in [0.1, 0.15) is 6.04 Å². The van der Waals surface area contributed by atoms with Crippen LogP contribution in [-0.4, -0.2) is 30.8 Å². The van der Waals surface area contributed by atoms with E-state index in [1.54, 1.807) is 12.1 Å². The molecule has 4 nitrogen and oxygen atoms in total. The third-order valence-corrected chi connectivity index (χ3v) is 3.89. The molecule has 1 N–H and O–H groups in total. The molecule has 0 aliphatic heterocycles. The maximum Gasteiger partial charge on any atom is 0.328 e. The molecule has 0 saturated carbocycles. The van der Waals surface area contributed by atoms with Gasteiger partial charge in [0.15, 0.2) is 0 Å². The number of halogens is 1. The summed E-state index contributed by atoms with van der Waals surface area (Å²) in [5.41, 5.74) is 0. The Hall–Kier alpha value is -1.20.